The molecule has 0 amide bonds. The number of hydrogen-bond acceptors (Lipinski definition) is 6. The number of aromatic nitrogens is 2. The Kier molecular flexibility index (Phi) is 4.56. The lowest BCUT2D eigenvalue weighted by molar-refractivity contribution is 0.0916. The molecule has 3 rings (SSSR count). The van der Waals surface area contributed by atoms with E-state index in [2.05, 4.69) is 9.97 Å². The highest BCUT2D eigenvalue weighted by Gasteiger charge is 2.15. The summed E-state index contributed by atoms with van der Waals surface area (Å²) in [6.07, 6.45) is 1.41. The van der Waals surface area contributed by atoms with Crippen molar-refractivity contribution < 1.29 is 19.0 Å². The van der Waals surface area contributed by atoms with E-state index in [0.717, 1.165) is 10.9 Å². The molecule has 6 nitrogen and oxygen atoms in total. The molecule has 1 aromatic heterocycles. The highest BCUT2D eigenvalue weighted by molar-refractivity contribution is 6.00. The van der Waals surface area contributed by atoms with Crippen molar-refractivity contribution in [2.75, 3.05) is 20.8 Å². The predicted molar refractivity (Wildman–Crippen MR) is 88.9 cm³/mol. The van der Waals surface area contributed by atoms with Crippen molar-refractivity contribution in [3.8, 4) is 17.4 Å². The van der Waals surface area contributed by atoms with Crippen molar-refractivity contribution in [1.29, 1.82) is 0 Å². The molecule has 0 bridgehead atoms. The number of para-hydroxylation sites is 1. The number of rotatable bonds is 6. The molecule has 0 atom stereocenters. The lowest BCUT2D eigenvalue weighted by Crippen LogP contribution is -2.13. The van der Waals surface area contributed by atoms with Crippen LogP contribution in [-0.4, -0.2) is 36.6 Å². The summed E-state index contributed by atoms with van der Waals surface area (Å²) in [4.78, 5) is 20.7. The van der Waals surface area contributed by atoms with Gasteiger partial charge in [-0.25, -0.2) is 9.97 Å². The number of methoxy groups -OCH3 is 2. The van der Waals surface area contributed by atoms with Gasteiger partial charge in [0.15, 0.2) is 6.61 Å². The van der Waals surface area contributed by atoms with Gasteiger partial charge in [-0.05, 0) is 24.3 Å². The van der Waals surface area contributed by atoms with Crippen molar-refractivity contribution in [1.82, 2.24) is 9.97 Å². The quantitative estimate of drug-likeness (QED) is 0.649. The summed E-state index contributed by atoms with van der Waals surface area (Å²) in [5.74, 6) is 1.22. The number of carbonyl (C=O) groups is 1. The van der Waals surface area contributed by atoms with Gasteiger partial charge in [-0.3, -0.25) is 4.79 Å². The van der Waals surface area contributed by atoms with Crippen LogP contribution in [0.25, 0.3) is 10.9 Å². The molecule has 0 unspecified atom stereocenters. The van der Waals surface area contributed by atoms with E-state index in [9.17, 15) is 4.79 Å². The second-order valence-corrected chi connectivity index (χ2v) is 4.97. The topological polar surface area (TPSA) is 70.5 Å². The van der Waals surface area contributed by atoms with Gasteiger partial charge in [0.25, 0.3) is 0 Å². The summed E-state index contributed by atoms with van der Waals surface area (Å²) < 4.78 is 16.0. The van der Waals surface area contributed by atoms with Gasteiger partial charge in [-0.15, -0.1) is 0 Å². The van der Waals surface area contributed by atoms with Crippen LogP contribution >= 0.6 is 0 Å². The molecular formula is C18H16N2O4. The third-order valence-corrected chi connectivity index (χ3v) is 3.56. The highest BCUT2D eigenvalue weighted by Crippen LogP contribution is 2.26. The first kappa shape index (κ1) is 15.7. The minimum atomic E-state index is -0.211. The summed E-state index contributed by atoms with van der Waals surface area (Å²) >= 11 is 0. The van der Waals surface area contributed by atoms with E-state index < -0.39 is 0 Å². The summed E-state index contributed by atoms with van der Waals surface area (Å²) in [5.41, 5.74) is 1.19. The van der Waals surface area contributed by atoms with Crippen LogP contribution in [0.15, 0.2) is 48.8 Å². The van der Waals surface area contributed by atoms with E-state index in [1.165, 1.54) is 13.4 Å². The maximum absolute atomic E-state index is 12.4. The van der Waals surface area contributed by atoms with Crippen molar-refractivity contribution in [3.63, 3.8) is 0 Å². The second kappa shape index (κ2) is 6.95. The zero-order chi connectivity index (χ0) is 16.9. The van der Waals surface area contributed by atoms with E-state index in [1.807, 2.05) is 24.3 Å². The molecule has 3 aromatic rings. The Balaban J connectivity index is 1.80. The first-order valence-corrected chi connectivity index (χ1v) is 7.30. The van der Waals surface area contributed by atoms with Gasteiger partial charge in [-0.1, -0.05) is 12.1 Å². The summed E-state index contributed by atoms with van der Waals surface area (Å²) in [7, 11) is 3.06. The van der Waals surface area contributed by atoms with Crippen LogP contribution in [-0.2, 0) is 0 Å². The van der Waals surface area contributed by atoms with Gasteiger partial charge in [0.05, 0.1) is 30.7 Å². The Hall–Kier alpha value is -3.15. The van der Waals surface area contributed by atoms with Crippen molar-refractivity contribution >= 4 is 16.7 Å². The minimum absolute atomic E-state index is 0.149. The zero-order valence-electron chi connectivity index (χ0n) is 13.4. The Morgan fingerprint density at radius 2 is 1.88 bits per heavy atom. The molecule has 2 aromatic carbocycles. The largest absolute Gasteiger partial charge is 0.497 e. The van der Waals surface area contributed by atoms with E-state index in [4.69, 9.17) is 14.2 Å². The van der Waals surface area contributed by atoms with Crippen LogP contribution < -0.4 is 14.2 Å². The minimum Gasteiger partial charge on any atom is -0.497 e. The number of Topliss-reactive ketones (excluding diaryl/α,β-unsaturated/α-hetero) is 1. The highest BCUT2D eigenvalue weighted by atomic mass is 16.5. The van der Waals surface area contributed by atoms with Crippen molar-refractivity contribution in [2.45, 2.75) is 0 Å². The smallest absolute Gasteiger partial charge is 0.224 e. The number of carbonyl (C=O) groups excluding carboxylic acids is 1. The normalized spacial score (nSPS) is 10.4. The lowest BCUT2D eigenvalue weighted by atomic mass is 10.1. The standard InChI is InChI=1S/C18H16N2O4/c1-22-12-7-8-14(17(9-12)23-2)16(21)10-24-18-13-5-3-4-6-15(13)19-11-20-18/h3-9,11H,10H2,1-2H3. The number of hydrogen-bond donors (Lipinski definition) is 0. The predicted octanol–water partition coefficient (Wildman–Crippen LogP) is 2.91. The molecule has 0 N–H and O–H groups in total. The van der Waals surface area contributed by atoms with Crippen LogP contribution in [0.5, 0.6) is 17.4 Å². The molecule has 0 saturated carbocycles. The number of fused-ring (bicyclic) bond motifs is 1. The average Bonchev–Trinajstić information content (AvgIpc) is 2.65. The van der Waals surface area contributed by atoms with Gasteiger partial charge >= 0.3 is 0 Å². The Morgan fingerprint density at radius 1 is 1.04 bits per heavy atom. The molecule has 24 heavy (non-hydrogen) atoms. The molecule has 6 heteroatoms. The van der Waals surface area contributed by atoms with Crippen LogP contribution in [0.3, 0.4) is 0 Å². The Bertz CT molecular complexity index is 875. The molecule has 122 valence electrons. The zero-order valence-corrected chi connectivity index (χ0v) is 13.4. The third-order valence-electron chi connectivity index (χ3n) is 3.56. The van der Waals surface area contributed by atoms with Gasteiger partial charge in [0, 0.05) is 6.07 Å². The van der Waals surface area contributed by atoms with Crippen LogP contribution in [0.1, 0.15) is 10.4 Å². The fourth-order valence-corrected chi connectivity index (χ4v) is 2.34. The molecule has 1 heterocycles. The molecule has 0 radical (unpaired) electrons. The molecule has 0 aliphatic heterocycles. The number of benzene rings is 2. The fourth-order valence-electron chi connectivity index (χ4n) is 2.34. The summed E-state index contributed by atoms with van der Waals surface area (Å²) in [6, 6.07) is 12.5. The molecule has 0 aliphatic carbocycles. The maximum Gasteiger partial charge on any atom is 0.224 e. The molecule has 0 fully saturated rings. The van der Waals surface area contributed by atoms with Gasteiger partial charge in [0.2, 0.25) is 11.7 Å². The van der Waals surface area contributed by atoms with E-state index in [0.29, 0.717) is 22.9 Å². The molecule has 0 saturated heterocycles. The van der Waals surface area contributed by atoms with Crippen LogP contribution in [0, 0.1) is 0 Å². The maximum atomic E-state index is 12.4. The van der Waals surface area contributed by atoms with Gasteiger partial charge < -0.3 is 14.2 Å². The molecule has 0 aliphatic rings. The summed E-state index contributed by atoms with van der Waals surface area (Å²) in [6.45, 7) is -0.149. The third kappa shape index (κ3) is 3.12. The number of ether oxygens (including phenoxy) is 3. The first-order valence-electron chi connectivity index (χ1n) is 7.30. The number of nitrogens with zero attached hydrogens (tertiary/aromatic N) is 2. The van der Waals surface area contributed by atoms with Crippen molar-refractivity contribution in [3.05, 3.63) is 54.4 Å². The first-order chi connectivity index (χ1) is 11.7. The van der Waals surface area contributed by atoms with Crippen molar-refractivity contribution in [2.24, 2.45) is 0 Å². The Labute approximate surface area is 139 Å². The summed E-state index contributed by atoms with van der Waals surface area (Å²) in [5, 5.41) is 0.759. The SMILES string of the molecule is COc1ccc(C(=O)COc2ncnc3ccccc23)c(OC)c1. The molecule has 0 spiro atoms. The number of ketones is 1. The van der Waals surface area contributed by atoms with Crippen LogP contribution in [0.4, 0.5) is 0 Å². The van der Waals surface area contributed by atoms with E-state index >= 15 is 0 Å². The van der Waals surface area contributed by atoms with Crippen LogP contribution in [0.2, 0.25) is 0 Å². The fraction of sp³-hybridized carbons (Fsp3) is 0.167. The lowest BCUT2D eigenvalue weighted by Gasteiger charge is -2.11. The van der Waals surface area contributed by atoms with Gasteiger partial charge in [0.1, 0.15) is 17.8 Å². The Morgan fingerprint density at radius 3 is 2.67 bits per heavy atom. The van der Waals surface area contributed by atoms with E-state index in [1.54, 1.807) is 25.3 Å². The monoisotopic (exact) mass is 324 g/mol. The van der Waals surface area contributed by atoms with Gasteiger partial charge in [-0.2, -0.15) is 0 Å². The second-order valence-electron chi connectivity index (χ2n) is 4.97. The molecular weight excluding hydrogens is 308 g/mol. The average molecular weight is 324 g/mol. The van der Waals surface area contributed by atoms with E-state index in [-0.39, 0.29) is 12.4 Å².